The van der Waals surface area contributed by atoms with Gasteiger partial charge >= 0.3 is 0 Å². The van der Waals surface area contributed by atoms with Gasteiger partial charge in [0, 0.05) is 29.1 Å². The number of aryl methyl sites for hydroxylation is 1. The lowest BCUT2D eigenvalue weighted by molar-refractivity contribution is 0.500. The summed E-state index contributed by atoms with van der Waals surface area (Å²) in [7, 11) is 0. The van der Waals surface area contributed by atoms with Crippen LogP contribution in [0.1, 0.15) is 48.2 Å². The van der Waals surface area contributed by atoms with E-state index in [1.807, 2.05) is 31.2 Å². The Morgan fingerprint density at radius 3 is 2.63 bits per heavy atom. The van der Waals surface area contributed by atoms with Crippen molar-refractivity contribution in [1.82, 2.24) is 9.97 Å². The van der Waals surface area contributed by atoms with Crippen molar-refractivity contribution in [3.63, 3.8) is 0 Å². The first kappa shape index (κ1) is 23.9. The van der Waals surface area contributed by atoms with Gasteiger partial charge in [-0.15, -0.1) is 0 Å². The van der Waals surface area contributed by atoms with Crippen LogP contribution in [-0.4, -0.2) is 15.7 Å². The number of hydrogen-bond donors (Lipinski definition) is 2. The maximum absolute atomic E-state index is 8.49. The van der Waals surface area contributed by atoms with Crippen molar-refractivity contribution in [3.05, 3.63) is 107 Å². The van der Waals surface area contributed by atoms with Crippen LogP contribution in [0.5, 0.6) is 0 Å². The monoisotopic (exact) mass is 458 g/mol. The van der Waals surface area contributed by atoms with Crippen LogP contribution in [0.2, 0.25) is 0 Å². The Morgan fingerprint density at radius 1 is 1.17 bits per heavy atom. The van der Waals surface area contributed by atoms with Crippen LogP contribution in [-0.2, 0) is 12.8 Å². The standard InChI is InChI=1S/C31H30N4/c1-4-23-6-10-25(11-7-23)31-28-19-21(2)5-9-26(28)20-27(35-31)12-14-30(33)22(3)29(32)13-8-24-15-17-34-18-16-24/h4,6-7,10-12,14-18,20-21,33H,1,5,9,19,32H2,2-3H3/b14-12-,29-22-,33-30?. The average molecular weight is 459 g/mol. The van der Waals surface area contributed by atoms with Crippen LogP contribution in [0.15, 0.2) is 78.8 Å². The number of pyridine rings is 2. The van der Waals surface area contributed by atoms with Crippen molar-refractivity contribution in [2.24, 2.45) is 11.7 Å². The number of benzene rings is 1. The minimum absolute atomic E-state index is 0.316. The Morgan fingerprint density at radius 2 is 1.91 bits per heavy atom. The second-order valence-electron chi connectivity index (χ2n) is 8.98. The van der Waals surface area contributed by atoms with Crippen LogP contribution in [0, 0.1) is 23.2 Å². The molecule has 4 rings (SSSR count). The molecule has 1 aliphatic carbocycles. The Kier molecular flexibility index (Phi) is 7.38. The number of aromatic nitrogens is 2. The summed E-state index contributed by atoms with van der Waals surface area (Å²) in [5.74, 6) is 6.61. The van der Waals surface area contributed by atoms with Crippen molar-refractivity contribution in [2.45, 2.75) is 33.1 Å². The summed E-state index contributed by atoms with van der Waals surface area (Å²) >= 11 is 0. The summed E-state index contributed by atoms with van der Waals surface area (Å²) < 4.78 is 0. The molecule has 4 nitrogen and oxygen atoms in total. The Bertz CT molecular complexity index is 1370. The van der Waals surface area contributed by atoms with E-state index in [1.165, 1.54) is 17.5 Å². The number of rotatable bonds is 5. The predicted octanol–water partition coefficient (Wildman–Crippen LogP) is 6.23. The summed E-state index contributed by atoms with van der Waals surface area (Å²) in [6, 6.07) is 14.2. The van der Waals surface area contributed by atoms with Gasteiger partial charge in [-0.3, -0.25) is 4.98 Å². The summed E-state index contributed by atoms with van der Waals surface area (Å²) in [6.07, 6.45) is 12.1. The maximum atomic E-state index is 8.49. The van der Waals surface area contributed by atoms with Gasteiger partial charge in [-0.1, -0.05) is 49.8 Å². The second-order valence-corrected chi connectivity index (χ2v) is 8.98. The Balaban J connectivity index is 1.63. The molecular weight excluding hydrogens is 428 g/mol. The molecule has 4 heteroatoms. The lowest BCUT2D eigenvalue weighted by Crippen LogP contribution is -2.14. The molecule has 0 radical (unpaired) electrons. The van der Waals surface area contributed by atoms with E-state index in [0.717, 1.165) is 40.9 Å². The van der Waals surface area contributed by atoms with Crippen LogP contribution in [0.4, 0.5) is 0 Å². The fourth-order valence-corrected chi connectivity index (χ4v) is 4.16. The quantitative estimate of drug-likeness (QED) is 0.352. The molecule has 0 saturated carbocycles. The summed E-state index contributed by atoms with van der Waals surface area (Å²) in [4.78, 5) is 9.00. The van der Waals surface area contributed by atoms with E-state index in [1.54, 1.807) is 18.5 Å². The van der Waals surface area contributed by atoms with E-state index >= 15 is 0 Å². The van der Waals surface area contributed by atoms with Gasteiger partial charge in [0.05, 0.1) is 22.8 Å². The van der Waals surface area contributed by atoms with E-state index in [9.17, 15) is 0 Å². The van der Waals surface area contributed by atoms with E-state index in [0.29, 0.717) is 22.9 Å². The summed E-state index contributed by atoms with van der Waals surface area (Å²) in [5, 5.41) is 8.49. The zero-order chi connectivity index (χ0) is 24.8. The lowest BCUT2D eigenvalue weighted by atomic mass is 9.82. The van der Waals surface area contributed by atoms with Crippen molar-refractivity contribution >= 4 is 17.9 Å². The molecular formula is C31H30N4. The lowest BCUT2D eigenvalue weighted by Gasteiger charge is -2.24. The van der Waals surface area contributed by atoms with Crippen LogP contribution in [0.3, 0.4) is 0 Å². The molecule has 0 bridgehead atoms. The third-order valence-corrected chi connectivity index (χ3v) is 6.37. The fourth-order valence-electron chi connectivity index (χ4n) is 4.16. The molecule has 1 unspecified atom stereocenters. The molecule has 0 aliphatic heterocycles. The number of nitrogens with two attached hydrogens (primary N) is 1. The minimum Gasteiger partial charge on any atom is -0.392 e. The van der Waals surface area contributed by atoms with Crippen molar-refractivity contribution in [3.8, 4) is 23.1 Å². The molecule has 174 valence electrons. The number of nitrogens with zero attached hydrogens (tertiary/aromatic N) is 2. The van der Waals surface area contributed by atoms with Gasteiger partial charge in [0.2, 0.25) is 0 Å². The van der Waals surface area contributed by atoms with Gasteiger partial charge in [0.1, 0.15) is 0 Å². The average Bonchev–Trinajstić information content (AvgIpc) is 2.90. The van der Waals surface area contributed by atoms with Gasteiger partial charge in [-0.25, -0.2) is 4.98 Å². The van der Waals surface area contributed by atoms with Crippen LogP contribution >= 0.6 is 0 Å². The van der Waals surface area contributed by atoms with E-state index in [2.05, 4.69) is 60.7 Å². The molecule has 2 heterocycles. The van der Waals surface area contributed by atoms with Crippen LogP contribution < -0.4 is 5.73 Å². The molecule has 0 spiro atoms. The Labute approximate surface area is 207 Å². The molecule has 0 saturated heterocycles. The van der Waals surface area contributed by atoms with E-state index in [-0.39, 0.29) is 0 Å². The molecule has 3 aromatic rings. The van der Waals surface area contributed by atoms with E-state index in [4.69, 9.17) is 16.1 Å². The normalized spacial score (nSPS) is 15.5. The minimum atomic E-state index is 0.316. The molecule has 3 N–H and O–H groups in total. The van der Waals surface area contributed by atoms with Gasteiger partial charge in [0.25, 0.3) is 0 Å². The molecule has 0 amide bonds. The summed E-state index contributed by atoms with van der Waals surface area (Å²) in [5.41, 5.74) is 15.1. The predicted molar refractivity (Wildman–Crippen MR) is 146 cm³/mol. The molecule has 1 aromatic carbocycles. The smallest absolute Gasteiger partial charge is 0.0882 e. The highest BCUT2D eigenvalue weighted by molar-refractivity contribution is 6.08. The number of allylic oxidation sites excluding steroid dienone is 3. The molecule has 1 aliphatic rings. The van der Waals surface area contributed by atoms with Gasteiger partial charge in [0.15, 0.2) is 0 Å². The van der Waals surface area contributed by atoms with Crippen LogP contribution in [0.25, 0.3) is 23.4 Å². The first-order valence-electron chi connectivity index (χ1n) is 11.9. The largest absolute Gasteiger partial charge is 0.392 e. The van der Waals surface area contributed by atoms with Gasteiger partial charge in [-0.2, -0.15) is 0 Å². The van der Waals surface area contributed by atoms with E-state index < -0.39 is 0 Å². The molecule has 35 heavy (non-hydrogen) atoms. The van der Waals surface area contributed by atoms with Gasteiger partial charge < -0.3 is 11.1 Å². The van der Waals surface area contributed by atoms with Crippen molar-refractivity contribution in [2.75, 3.05) is 0 Å². The SMILES string of the molecule is C=Cc1ccc(-c2nc(/C=C\C(=N)/C(C)=C(\N)C#Cc3ccncc3)cc3c2CC(C)CC3)cc1. The number of fused-ring (bicyclic) bond motifs is 1. The summed E-state index contributed by atoms with van der Waals surface area (Å²) in [6.45, 7) is 7.98. The Hall–Kier alpha value is -4.23. The third-order valence-electron chi connectivity index (χ3n) is 6.37. The first-order chi connectivity index (χ1) is 16.9. The van der Waals surface area contributed by atoms with Crippen molar-refractivity contribution < 1.29 is 0 Å². The zero-order valence-electron chi connectivity index (χ0n) is 20.3. The second kappa shape index (κ2) is 10.8. The number of nitrogens with one attached hydrogen (secondary N) is 1. The fraction of sp³-hybridized carbons (Fsp3) is 0.194. The highest BCUT2D eigenvalue weighted by Gasteiger charge is 2.21. The first-order valence-corrected chi connectivity index (χ1v) is 11.9. The topological polar surface area (TPSA) is 75.7 Å². The zero-order valence-corrected chi connectivity index (χ0v) is 20.3. The third kappa shape index (κ3) is 5.83. The highest BCUT2D eigenvalue weighted by Crippen LogP contribution is 2.33. The maximum Gasteiger partial charge on any atom is 0.0882 e. The molecule has 1 atom stereocenters. The number of hydrogen-bond acceptors (Lipinski definition) is 4. The van der Waals surface area contributed by atoms with Crippen molar-refractivity contribution in [1.29, 1.82) is 5.41 Å². The molecule has 2 aromatic heterocycles. The molecule has 0 fully saturated rings. The van der Waals surface area contributed by atoms with Gasteiger partial charge in [-0.05, 0) is 85.1 Å². The highest BCUT2D eigenvalue weighted by atomic mass is 14.7.